The van der Waals surface area contributed by atoms with E-state index in [9.17, 15) is 8.42 Å². The molecule has 0 aliphatic heterocycles. The summed E-state index contributed by atoms with van der Waals surface area (Å²) in [6, 6.07) is 8.45. The molecule has 0 unspecified atom stereocenters. The van der Waals surface area contributed by atoms with Gasteiger partial charge in [-0.3, -0.25) is 0 Å². The molecule has 0 saturated carbocycles. The van der Waals surface area contributed by atoms with Gasteiger partial charge < -0.3 is 0 Å². The molecule has 1 heterocycles. The van der Waals surface area contributed by atoms with Gasteiger partial charge in [0.2, 0.25) is 10.0 Å². The van der Waals surface area contributed by atoms with Gasteiger partial charge in [-0.15, -0.1) is 0 Å². The van der Waals surface area contributed by atoms with Crippen molar-refractivity contribution in [3.8, 4) is 0 Å². The summed E-state index contributed by atoms with van der Waals surface area (Å²) in [5.41, 5.74) is 2.47. The van der Waals surface area contributed by atoms with Gasteiger partial charge in [-0.05, 0) is 32.0 Å². The van der Waals surface area contributed by atoms with Crippen molar-refractivity contribution in [3.05, 3.63) is 53.6 Å². The maximum atomic E-state index is 12.0. The smallest absolute Gasteiger partial charge is 0.240 e. The lowest BCUT2D eigenvalue weighted by Crippen LogP contribution is -2.23. The van der Waals surface area contributed by atoms with Gasteiger partial charge in [0.25, 0.3) is 0 Å². The van der Waals surface area contributed by atoms with Crippen molar-refractivity contribution in [1.29, 1.82) is 0 Å². The summed E-state index contributed by atoms with van der Waals surface area (Å²) in [5, 5.41) is 0. The Kier molecular flexibility index (Phi) is 3.92. The van der Waals surface area contributed by atoms with Crippen molar-refractivity contribution >= 4 is 10.0 Å². The lowest BCUT2D eigenvalue weighted by atomic mass is 10.2. The number of rotatable bonds is 4. The number of sulfonamides is 1. The summed E-state index contributed by atoms with van der Waals surface area (Å²) in [4.78, 5) is 8.23. The van der Waals surface area contributed by atoms with E-state index in [1.807, 2.05) is 13.8 Å². The molecule has 0 fully saturated rings. The topological polar surface area (TPSA) is 72.0 Å². The molecule has 0 bridgehead atoms. The van der Waals surface area contributed by atoms with E-state index in [1.165, 1.54) is 6.33 Å². The van der Waals surface area contributed by atoms with Crippen LogP contribution >= 0.6 is 0 Å². The molecule has 0 aliphatic carbocycles. The summed E-state index contributed by atoms with van der Waals surface area (Å²) in [6.07, 6.45) is 1.42. The Morgan fingerprint density at radius 2 is 1.79 bits per heavy atom. The number of aryl methyl sites for hydroxylation is 2. The molecule has 6 heteroatoms. The van der Waals surface area contributed by atoms with Crippen LogP contribution in [0.1, 0.15) is 17.0 Å². The van der Waals surface area contributed by atoms with Crippen LogP contribution in [0, 0.1) is 13.8 Å². The number of hydrogen-bond donors (Lipinski definition) is 1. The molecule has 19 heavy (non-hydrogen) atoms. The summed E-state index contributed by atoms with van der Waals surface area (Å²) in [6.45, 7) is 3.90. The first-order valence-electron chi connectivity index (χ1n) is 5.81. The third-order valence-corrected chi connectivity index (χ3v) is 4.05. The van der Waals surface area contributed by atoms with Crippen LogP contribution in [0.5, 0.6) is 0 Å². The largest absolute Gasteiger partial charge is 0.242 e. The highest BCUT2D eigenvalue weighted by Crippen LogP contribution is 2.10. The molecule has 5 nitrogen and oxygen atoms in total. The molecule has 1 aromatic carbocycles. The first kappa shape index (κ1) is 13.6. The molecular formula is C13H15N3O2S. The molecular weight excluding hydrogens is 262 g/mol. The lowest BCUT2D eigenvalue weighted by molar-refractivity contribution is 0.580. The van der Waals surface area contributed by atoms with Crippen LogP contribution in [0.3, 0.4) is 0 Å². The molecule has 0 saturated heterocycles. The minimum atomic E-state index is -3.50. The summed E-state index contributed by atoms with van der Waals surface area (Å²) < 4.78 is 26.6. The lowest BCUT2D eigenvalue weighted by Gasteiger charge is -2.07. The van der Waals surface area contributed by atoms with Crippen LogP contribution in [0.2, 0.25) is 0 Å². The van der Waals surface area contributed by atoms with Gasteiger partial charge in [-0.1, -0.05) is 17.7 Å². The quantitative estimate of drug-likeness (QED) is 0.920. The number of benzene rings is 1. The van der Waals surface area contributed by atoms with Gasteiger partial charge in [0.15, 0.2) is 0 Å². The van der Waals surface area contributed by atoms with Crippen molar-refractivity contribution in [2.24, 2.45) is 0 Å². The Morgan fingerprint density at radius 3 is 2.42 bits per heavy atom. The second-order valence-corrected chi connectivity index (χ2v) is 6.06. The number of aromatic nitrogens is 2. The zero-order valence-electron chi connectivity index (χ0n) is 10.8. The fourth-order valence-electron chi connectivity index (χ4n) is 1.58. The Bertz CT molecular complexity index is 667. The normalized spacial score (nSPS) is 11.5. The predicted molar refractivity (Wildman–Crippen MR) is 72.0 cm³/mol. The Morgan fingerprint density at radius 1 is 1.11 bits per heavy atom. The van der Waals surface area contributed by atoms with Crippen molar-refractivity contribution in [3.63, 3.8) is 0 Å². The summed E-state index contributed by atoms with van der Waals surface area (Å²) in [5.74, 6) is 0. The molecule has 0 atom stereocenters. The molecule has 2 aromatic rings. The van der Waals surface area contributed by atoms with Crippen LogP contribution in [-0.2, 0) is 16.6 Å². The standard InChI is InChI=1S/C13H15N3O2S/c1-10-3-5-13(6-4-10)19(17,18)16-8-12-7-11(2)14-9-15-12/h3-7,9,16H,8H2,1-2H3. The van der Waals surface area contributed by atoms with Crippen LogP contribution in [-0.4, -0.2) is 18.4 Å². The van der Waals surface area contributed by atoms with E-state index < -0.39 is 10.0 Å². The SMILES string of the molecule is Cc1ccc(S(=O)(=O)NCc2cc(C)ncn2)cc1. The van der Waals surface area contributed by atoms with Crippen molar-refractivity contribution < 1.29 is 8.42 Å². The van der Waals surface area contributed by atoms with Gasteiger partial charge in [-0.25, -0.2) is 23.1 Å². The highest BCUT2D eigenvalue weighted by Gasteiger charge is 2.13. The van der Waals surface area contributed by atoms with E-state index >= 15 is 0 Å². The van der Waals surface area contributed by atoms with E-state index in [0.29, 0.717) is 5.69 Å². The first-order valence-corrected chi connectivity index (χ1v) is 7.29. The minimum Gasteiger partial charge on any atom is -0.242 e. The molecule has 0 aliphatic rings. The molecule has 100 valence electrons. The maximum absolute atomic E-state index is 12.0. The van der Waals surface area contributed by atoms with Crippen LogP contribution in [0.4, 0.5) is 0 Å². The number of nitrogens with one attached hydrogen (secondary N) is 1. The fourth-order valence-corrected chi connectivity index (χ4v) is 2.58. The van der Waals surface area contributed by atoms with E-state index in [4.69, 9.17) is 0 Å². The monoisotopic (exact) mass is 277 g/mol. The molecule has 2 rings (SSSR count). The summed E-state index contributed by atoms with van der Waals surface area (Å²) >= 11 is 0. The molecule has 1 N–H and O–H groups in total. The van der Waals surface area contributed by atoms with Crippen LogP contribution in [0.15, 0.2) is 41.6 Å². The highest BCUT2D eigenvalue weighted by atomic mass is 32.2. The maximum Gasteiger partial charge on any atom is 0.240 e. The average Bonchev–Trinajstić information content (AvgIpc) is 2.37. The van der Waals surface area contributed by atoms with Crippen molar-refractivity contribution in [2.45, 2.75) is 25.3 Å². The van der Waals surface area contributed by atoms with Crippen molar-refractivity contribution in [1.82, 2.24) is 14.7 Å². The Hall–Kier alpha value is -1.79. The van der Waals surface area contributed by atoms with Crippen LogP contribution in [0.25, 0.3) is 0 Å². The average molecular weight is 277 g/mol. The van der Waals surface area contributed by atoms with Gasteiger partial charge in [0.1, 0.15) is 6.33 Å². The molecule has 0 amide bonds. The zero-order valence-corrected chi connectivity index (χ0v) is 11.6. The van der Waals surface area contributed by atoms with Crippen LogP contribution < -0.4 is 4.72 Å². The fraction of sp³-hybridized carbons (Fsp3) is 0.231. The van der Waals surface area contributed by atoms with E-state index in [2.05, 4.69) is 14.7 Å². The van der Waals surface area contributed by atoms with E-state index in [0.717, 1.165) is 11.3 Å². The number of hydrogen-bond acceptors (Lipinski definition) is 4. The van der Waals surface area contributed by atoms with Gasteiger partial charge in [0, 0.05) is 5.69 Å². The third-order valence-electron chi connectivity index (χ3n) is 2.64. The second-order valence-electron chi connectivity index (χ2n) is 4.29. The van der Waals surface area contributed by atoms with E-state index in [1.54, 1.807) is 30.3 Å². The molecule has 0 radical (unpaired) electrons. The zero-order chi connectivity index (χ0) is 13.9. The second kappa shape index (κ2) is 5.46. The third kappa shape index (κ3) is 3.59. The molecule has 0 spiro atoms. The number of nitrogens with zero attached hydrogens (tertiary/aromatic N) is 2. The van der Waals surface area contributed by atoms with Gasteiger partial charge >= 0.3 is 0 Å². The molecule has 1 aromatic heterocycles. The predicted octanol–water partition coefficient (Wildman–Crippen LogP) is 1.57. The summed E-state index contributed by atoms with van der Waals surface area (Å²) in [7, 11) is -3.50. The van der Waals surface area contributed by atoms with Gasteiger partial charge in [-0.2, -0.15) is 0 Å². The Labute approximate surface area is 112 Å². The van der Waals surface area contributed by atoms with Gasteiger partial charge in [0.05, 0.1) is 17.1 Å². The minimum absolute atomic E-state index is 0.152. The highest BCUT2D eigenvalue weighted by molar-refractivity contribution is 7.89. The van der Waals surface area contributed by atoms with E-state index in [-0.39, 0.29) is 11.4 Å². The van der Waals surface area contributed by atoms with Crippen molar-refractivity contribution in [2.75, 3.05) is 0 Å². The Balaban J connectivity index is 2.12. The first-order chi connectivity index (χ1) is 8.97.